The lowest BCUT2D eigenvalue weighted by molar-refractivity contribution is -0.141. The molecule has 1 aromatic rings. The van der Waals surface area contributed by atoms with Crippen LogP contribution in [0.25, 0.3) is 0 Å². The Morgan fingerprint density at radius 1 is 1.50 bits per heavy atom. The molecule has 0 aromatic heterocycles. The highest BCUT2D eigenvalue weighted by atomic mass is 32.2. The third-order valence-electron chi connectivity index (χ3n) is 3.56. The number of hydrogen-bond donors (Lipinski definition) is 0. The van der Waals surface area contributed by atoms with Gasteiger partial charge in [-0.25, -0.2) is 0 Å². The van der Waals surface area contributed by atoms with Gasteiger partial charge in [0.1, 0.15) is 0 Å². The van der Waals surface area contributed by atoms with Crippen molar-refractivity contribution in [2.45, 2.75) is 25.0 Å². The number of nitrogens with zero attached hydrogens (tertiary/aromatic N) is 1. The third-order valence-corrected chi connectivity index (χ3v) is 5.14. The number of nitriles is 1. The summed E-state index contributed by atoms with van der Waals surface area (Å²) in [5.41, 5.74) is 1.36. The third kappa shape index (κ3) is 3.91. The molecule has 4 nitrogen and oxygen atoms in total. The molecule has 0 heterocycles. The molecule has 0 radical (unpaired) electrons. The molecule has 1 fully saturated rings. The number of carbonyl (C=O) groups excluding carboxylic acids is 1. The van der Waals surface area contributed by atoms with Crippen LogP contribution in [0.3, 0.4) is 0 Å². The fourth-order valence-corrected chi connectivity index (χ4v) is 3.96. The molecule has 1 aliphatic rings. The molecule has 0 saturated heterocycles. The van der Waals surface area contributed by atoms with E-state index < -0.39 is 10.8 Å². The van der Waals surface area contributed by atoms with Crippen molar-refractivity contribution in [1.82, 2.24) is 0 Å². The molecule has 1 aromatic carbocycles. The molecule has 1 unspecified atom stereocenters. The van der Waals surface area contributed by atoms with Gasteiger partial charge in [-0.15, -0.1) is 0 Å². The molecule has 0 amide bonds. The van der Waals surface area contributed by atoms with Crippen molar-refractivity contribution >= 4 is 16.8 Å². The number of hydrogen-bond acceptors (Lipinski definition) is 4. The van der Waals surface area contributed by atoms with Gasteiger partial charge in [-0.2, -0.15) is 5.26 Å². The second-order valence-corrected chi connectivity index (χ2v) is 6.75. The summed E-state index contributed by atoms with van der Waals surface area (Å²) >= 11 is 0. The first-order chi connectivity index (χ1) is 9.57. The average molecular weight is 291 g/mol. The van der Waals surface area contributed by atoms with Crippen LogP contribution in [0, 0.1) is 16.7 Å². The highest BCUT2D eigenvalue weighted by Gasteiger charge is 2.45. The van der Waals surface area contributed by atoms with Crippen LogP contribution in [0.4, 0.5) is 0 Å². The van der Waals surface area contributed by atoms with E-state index in [1.54, 1.807) is 18.2 Å². The first-order valence-electron chi connectivity index (χ1n) is 6.48. The van der Waals surface area contributed by atoms with E-state index in [0.29, 0.717) is 23.5 Å². The molecule has 1 aliphatic carbocycles. The summed E-state index contributed by atoms with van der Waals surface area (Å²) in [6, 6.07) is 9.24. The maximum Gasteiger partial charge on any atom is 0.306 e. The van der Waals surface area contributed by atoms with Crippen LogP contribution in [-0.4, -0.2) is 23.0 Å². The van der Waals surface area contributed by atoms with Crippen LogP contribution < -0.4 is 0 Å². The first-order valence-corrected chi connectivity index (χ1v) is 7.96. The van der Waals surface area contributed by atoms with Crippen molar-refractivity contribution in [1.29, 1.82) is 5.26 Å². The lowest BCUT2D eigenvalue weighted by Gasteiger charge is -2.13. The molecule has 2 rings (SSSR count). The summed E-state index contributed by atoms with van der Waals surface area (Å²) in [6.07, 6.45) is 2.23. The lowest BCUT2D eigenvalue weighted by Crippen LogP contribution is -2.18. The minimum atomic E-state index is -1.02. The summed E-state index contributed by atoms with van der Waals surface area (Å²) < 4.78 is 16.9. The van der Waals surface area contributed by atoms with E-state index in [4.69, 9.17) is 5.26 Å². The van der Waals surface area contributed by atoms with E-state index in [1.807, 2.05) is 6.07 Å². The van der Waals surface area contributed by atoms with Crippen molar-refractivity contribution in [3.8, 4) is 6.07 Å². The highest BCUT2D eigenvalue weighted by Crippen LogP contribution is 2.49. The van der Waals surface area contributed by atoms with E-state index in [2.05, 4.69) is 10.8 Å². The predicted octanol–water partition coefficient (Wildman–Crippen LogP) is 2.15. The zero-order chi connectivity index (χ0) is 14.6. The first kappa shape index (κ1) is 14.7. The summed E-state index contributed by atoms with van der Waals surface area (Å²) in [4.78, 5) is 11.3. The predicted molar refractivity (Wildman–Crippen MR) is 76.2 cm³/mol. The monoisotopic (exact) mass is 291 g/mol. The van der Waals surface area contributed by atoms with E-state index in [9.17, 15) is 9.00 Å². The highest BCUT2D eigenvalue weighted by molar-refractivity contribution is 7.84. The Hall–Kier alpha value is -1.67. The standard InChI is InChI=1S/C15H17NO3S/c1-19-14(17)8-15(5-6-15)11-20(18)10-13-4-2-3-12(7-13)9-16/h2-4,7H,5-6,8,10-11H2,1H3. The van der Waals surface area contributed by atoms with Crippen LogP contribution in [0.1, 0.15) is 30.4 Å². The Morgan fingerprint density at radius 3 is 2.85 bits per heavy atom. The van der Waals surface area contributed by atoms with E-state index in [1.165, 1.54) is 7.11 Å². The van der Waals surface area contributed by atoms with Crippen molar-refractivity contribution in [3.63, 3.8) is 0 Å². The molecule has 0 aliphatic heterocycles. The topological polar surface area (TPSA) is 67.2 Å². The van der Waals surface area contributed by atoms with E-state index >= 15 is 0 Å². The van der Waals surface area contributed by atoms with Crippen LogP contribution in [-0.2, 0) is 26.1 Å². The largest absolute Gasteiger partial charge is 0.469 e. The van der Waals surface area contributed by atoms with Crippen molar-refractivity contribution in [2.24, 2.45) is 5.41 Å². The van der Waals surface area contributed by atoms with E-state index in [-0.39, 0.29) is 11.4 Å². The van der Waals surface area contributed by atoms with Crippen molar-refractivity contribution in [3.05, 3.63) is 35.4 Å². The van der Waals surface area contributed by atoms with Gasteiger partial charge in [-0.3, -0.25) is 9.00 Å². The molecule has 1 saturated carbocycles. The smallest absolute Gasteiger partial charge is 0.306 e. The van der Waals surface area contributed by atoms with Crippen molar-refractivity contribution in [2.75, 3.05) is 12.9 Å². The van der Waals surface area contributed by atoms with Crippen LogP contribution in [0.5, 0.6) is 0 Å². The fraction of sp³-hybridized carbons (Fsp3) is 0.467. The number of methoxy groups -OCH3 is 1. The van der Waals surface area contributed by atoms with Gasteiger partial charge in [0.05, 0.1) is 25.2 Å². The van der Waals surface area contributed by atoms with Crippen molar-refractivity contribution < 1.29 is 13.7 Å². The second kappa shape index (κ2) is 6.19. The number of esters is 1. The molecule has 5 heteroatoms. The molecule has 20 heavy (non-hydrogen) atoms. The zero-order valence-electron chi connectivity index (χ0n) is 11.4. The minimum absolute atomic E-state index is 0.120. The van der Waals surface area contributed by atoms with Gasteiger partial charge in [0, 0.05) is 22.3 Å². The quantitative estimate of drug-likeness (QED) is 0.753. The lowest BCUT2D eigenvalue weighted by atomic mass is 10.1. The van der Waals surface area contributed by atoms with Gasteiger partial charge in [0.2, 0.25) is 0 Å². The maximum atomic E-state index is 12.2. The normalized spacial score (nSPS) is 17.0. The van der Waals surface area contributed by atoms with E-state index in [0.717, 1.165) is 18.4 Å². The summed E-state index contributed by atoms with van der Waals surface area (Å²) in [5, 5.41) is 8.84. The van der Waals surface area contributed by atoms with Crippen LogP contribution in [0.2, 0.25) is 0 Å². The number of benzene rings is 1. The number of rotatable bonds is 6. The molecule has 106 valence electrons. The zero-order valence-corrected chi connectivity index (χ0v) is 12.2. The van der Waals surface area contributed by atoms with Gasteiger partial charge in [0.15, 0.2) is 0 Å². The Morgan fingerprint density at radius 2 is 2.25 bits per heavy atom. The molecular formula is C15H17NO3S. The fourth-order valence-electron chi connectivity index (χ4n) is 2.24. The second-order valence-electron chi connectivity index (χ2n) is 5.29. The maximum absolute atomic E-state index is 12.2. The minimum Gasteiger partial charge on any atom is -0.469 e. The Bertz CT molecular complexity index is 573. The Labute approximate surface area is 121 Å². The molecule has 1 atom stereocenters. The summed E-state index contributed by atoms with van der Waals surface area (Å²) in [7, 11) is 0.354. The summed E-state index contributed by atoms with van der Waals surface area (Å²) in [6.45, 7) is 0. The molecular weight excluding hydrogens is 274 g/mol. The van der Waals surface area contributed by atoms with Crippen LogP contribution in [0.15, 0.2) is 24.3 Å². The Kier molecular flexibility index (Phi) is 4.56. The molecule has 0 bridgehead atoms. The van der Waals surface area contributed by atoms with Crippen LogP contribution >= 0.6 is 0 Å². The van der Waals surface area contributed by atoms with Gasteiger partial charge < -0.3 is 4.74 Å². The Balaban J connectivity index is 1.93. The molecule has 0 N–H and O–H groups in total. The van der Waals surface area contributed by atoms with Gasteiger partial charge in [-0.1, -0.05) is 12.1 Å². The van der Waals surface area contributed by atoms with Gasteiger partial charge in [0.25, 0.3) is 0 Å². The summed E-state index contributed by atoms with van der Waals surface area (Å²) in [5.74, 6) is 0.725. The number of ether oxygens (including phenoxy) is 1. The average Bonchev–Trinajstić information content (AvgIpc) is 3.17. The van der Waals surface area contributed by atoms with Gasteiger partial charge in [-0.05, 0) is 36.0 Å². The van der Waals surface area contributed by atoms with Gasteiger partial charge >= 0.3 is 5.97 Å². The SMILES string of the molecule is COC(=O)CC1(CS(=O)Cc2cccc(C#N)c2)CC1. The number of carbonyl (C=O) groups is 1. The molecule has 0 spiro atoms.